The van der Waals surface area contributed by atoms with E-state index in [1.54, 1.807) is 0 Å². The van der Waals surface area contributed by atoms with E-state index in [4.69, 9.17) is 22.4 Å². The number of carbonyl (C=O) groups is 1. The minimum atomic E-state index is -1.08. The molecule has 0 aliphatic heterocycles. The number of aromatic amines is 1. The predicted molar refractivity (Wildman–Crippen MR) is 59.4 cm³/mol. The van der Waals surface area contributed by atoms with Gasteiger partial charge in [0, 0.05) is 16.6 Å². The standard InChI is InChI=1S/C10H9ClN2O2/c1-4-2-5-7(13-4)3-6(10(14)15)8(11)9(5)12/h2-3,13H,12H2,1H3,(H,14,15). The monoisotopic (exact) mass is 224 g/mol. The number of carboxylic acids is 1. The van der Waals surface area contributed by atoms with E-state index in [0.29, 0.717) is 11.2 Å². The quantitative estimate of drug-likeness (QED) is 0.651. The Morgan fingerprint density at radius 3 is 2.80 bits per heavy atom. The molecule has 2 aromatic rings. The third-order valence-electron chi connectivity index (χ3n) is 2.27. The van der Waals surface area contributed by atoms with Gasteiger partial charge in [0.2, 0.25) is 0 Å². The average Bonchev–Trinajstić information content (AvgIpc) is 2.52. The van der Waals surface area contributed by atoms with Gasteiger partial charge in [-0.15, -0.1) is 0 Å². The van der Waals surface area contributed by atoms with Crippen molar-refractivity contribution in [2.45, 2.75) is 6.92 Å². The number of rotatable bonds is 1. The molecule has 5 heteroatoms. The van der Waals surface area contributed by atoms with Gasteiger partial charge in [-0.25, -0.2) is 4.79 Å². The Labute approximate surface area is 90.7 Å². The highest BCUT2D eigenvalue weighted by Gasteiger charge is 2.15. The van der Waals surface area contributed by atoms with Crippen molar-refractivity contribution in [3.8, 4) is 0 Å². The topological polar surface area (TPSA) is 79.1 Å². The molecule has 0 bridgehead atoms. The van der Waals surface area contributed by atoms with Gasteiger partial charge in [-0.05, 0) is 19.1 Å². The molecular weight excluding hydrogens is 216 g/mol. The van der Waals surface area contributed by atoms with Crippen LogP contribution in [0, 0.1) is 6.92 Å². The van der Waals surface area contributed by atoms with Crippen molar-refractivity contribution in [2.24, 2.45) is 0 Å². The van der Waals surface area contributed by atoms with E-state index in [1.165, 1.54) is 6.07 Å². The van der Waals surface area contributed by atoms with E-state index in [-0.39, 0.29) is 10.6 Å². The summed E-state index contributed by atoms with van der Waals surface area (Å²) in [5.74, 6) is -1.08. The number of fused-ring (bicyclic) bond motifs is 1. The first-order chi connectivity index (χ1) is 7.00. The number of aryl methyl sites for hydroxylation is 1. The average molecular weight is 225 g/mol. The van der Waals surface area contributed by atoms with Crippen LogP contribution in [0.4, 0.5) is 5.69 Å². The van der Waals surface area contributed by atoms with Gasteiger partial charge in [-0.1, -0.05) is 11.6 Å². The van der Waals surface area contributed by atoms with Gasteiger partial charge < -0.3 is 15.8 Å². The van der Waals surface area contributed by atoms with Crippen LogP contribution in [-0.2, 0) is 0 Å². The molecule has 1 aromatic carbocycles. The van der Waals surface area contributed by atoms with Crippen LogP contribution in [0.1, 0.15) is 16.1 Å². The number of nitrogen functional groups attached to an aromatic ring is 1. The zero-order chi connectivity index (χ0) is 11.2. The number of H-pyrrole nitrogens is 1. The number of hydrogen-bond acceptors (Lipinski definition) is 2. The van der Waals surface area contributed by atoms with Gasteiger partial charge in [-0.2, -0.15) is 0 Å². The van der Waals surface area contributed by atoms with Crippen molar-refractivity contribution >= 4 is 34.2 Å². The fourth-order valence-corrected chi connectivity index (χ4v) is 1.81. The molecule has 1 heterocycles. The molecule has 0 atom stereocenters. The Hall–Kier alpha value is -1.68. The molecule has 0 radical (unpaired) electrons. The van der Waals surface area contributed by atoms with Crippen LogP contribution in [0.25, 0.3) is 10.9 Å². The van der Waals surface area contributed by atoms with Crippen molar-refractivity contribution in [3.63, 3.8) is 0 Å². The number of anilines is 1. The van der Waals surface area contributed by atoms with E-state index in [0.717, 1.165) is 11.1 Å². The maximum atomic E-state index is 10.9. The molecule has 4 nitrogen and oxygen atoms in total. The lowest BCUT2D eigenvalue weighted by molar-refractivity contribution is 0.0697. The van der Waals surface area contributed by atoms with Crippen LogP contribution in [0.5, 0.6) is 0 Å². The number of aromatic carboxylic acids is 1. The number of nitrogens with one attached hydrogen (secondary N) is 1. The van der Waals surface area contributed by atoms with Crippen LogP contribution in [-0.4, -0.2) is 16.1 Å². The minimum absolute atomic E-state index is 0.0171. The van der Waals surface area contributed by atoms with Gasteiger partial charge in [-0.3, -0.25) is 0 Å². The SMILES string of the molecule is Cc1cc2c(N)c(Cl)c(C(=O)O)cc2[nH]1. The van der Waals surface area contributed by atoms with Crippen molar-refractivity contribution in [1.29, 1.82) is 0 Å². The third kappa shape index (κ3) is 1.43. The first kappa shape index (κ1) is 9.86. The normalized spacial score (nSPS) is 10.8. The second-order valence-electron chi connectivity index (χ2n) is 3.37. The smallest absolute Gasteiger partial charge is 0.337 e. The molecule has 0 fully saturated rings. The summed E-state index contributed by atoms with van der Waals surface area (Å²) < 4.78 is 0. The van der Waals surface area contributed by atoms with Crippen LogP contribution >= 0.6 is 11.6 Å². The lowest BCUT2D eigenvalue weighted by atomic mass is 10.1. The molecule has 0 spiro atoms. The zero-order valence-corrected chi connectivity index (χ0v) is 8.72. The van der Waals surface area contributed by atoms with Gasteiger partial charge in [0.25, 0.3) is 0 Å². The van der Waals surface area contributed by atoms with Gasteiger partial charge in [0.15, 0.2) is 0 Å². The van der Waals surface area contributed by atoms with E-state index in [1.807, 2.05) is 13.0 Å². The van der Waals surface area contributed by atoms with E-state index >= 15 is 0 Å². The number of carboxylic acid groups (broad SMARTS) is 1. The highest BCUT2D eigenvalue weighted by Crippen LogP contribution is 2.32. The molecular formula is C10H9ClN2O2. The summed E-state index contributed by atoms with van der Waals surface area (Å²) >= 11 is 5.86. The highest BCUT2D eigenvalue weighted by atomic mass is 35.5. The summed E-state index contributed by atoms with van der Waals surface area (Å²) in [6.07, 6.45) is 0. The van der Waals surface area contributed by atoms with Crippen LogP contribution in [0.15, 0.2) is 12.1 Å². The maximum absolute atomic E-state index is 10.9. The second-order valence-corrected chi connectivity index (χ2v) is 3.75. The Balaban J connectivity index is 2.87. The van der Waals surface area contributed by atoms with Gasteiger partial charge in [0.1, 0.15) is 0 Å². The minimum Gasteiger partial charge on any atom is -0.478 e. The van der Waals surface area contributed by atoms with Crippen molar-refractivity contribution in [1.82, 2.24) is 4.98 Å². The molecule has 0 saturated carbocycles. The summed E-state index contributed by atoms with van der Waals surface area (Å²) in [7, 11) is 0. The first-order valence-electron chi connectivity index (χ1n) is 4.31. The van der Waals surface area contributed by atoms with E-state index in [9.17, 15) is 4.79 Å². The van der Waals surface area contributed by atoms with Gasteiger partial charge >= 0.3 is 5.97 Å². The number of halogens is 1. The first-order valence-corrected chi connectivity index (χ1v) is 4.69. The summed E-state index contributed by atoms with van der Waals surface area (Å²) in [6.45, 7) is 1.87. The van der Waals surface area contributed by atoms with Crippen LogP contribution < -0.4 is 5.73 Å². The van der Waals surface area contributed by atoms with Crippen molar-refractivity contribution < 1.29 is 9.90 Å². The number of hydrogen-bond donors (Lipinski definition) is 3. The summed E-state index contributed by atoms with van der Waals surface area (Å²) in [4.78, 5) is 13.9. The molecule has 0 saturated heterocycles. The van der Waals surface area contributed by atoms with E-state index < -0.39 is 5.97 Å². The predicted octanol–water partition coefficient (Wildman–Crippen LogP) is 2.41. The van der Waals surface area contributed by atoms with E-state index in [2.05, 4.69) is 4.98 Å². The number of benzene rings is 1. The Morgan fingerprint density at radius 2 is 2.20 bits per heavy atom. The molecule has 15 heavy (non-hydrogen) atoms. The van der Waals surface area contributed by atoms with Crippen molar-refractivity contribution in [2.75, 3.05) is 5.73 Å². The molecule has 0 aliphatic rings. The van der Waals surface area contributed by atoms with Crippen LogP contribution in [0.3, 0.4) is 0 Å². The fourth-order valence-electron chi connectivity index (χ4n) is 1.57. The number of aromatic nitrogens is 1. The largest absolute Gasteiger partial charge is 0.478 e. The molecule has 4 N–H and O–H groups in total. The van der Waals surface area contributed by atoms with Gasteiger partial charge in [0.05, 0.1) is 16.3 Å². The third-order valence-corrected chi connectivity index (χ3v) is 2.67. The molecule has 78 valence electrons. The zero-order valence-electron chi connectivity index (χ0n) is 7.97. The second kappa shape index (κ2) is 3.17. The molecule has 0 unspecified atom stereocenters. The summed E-state index contributed by atoms with van der Waals surface area (Å²) in [5.41, 5.74) is 7.67. The number of nitrogens with two attached hydrogens (primary N) is 1. The Bertz CT molecular complexity index is 560. The fraction of sp³-hybridized carbons (Fsp3) is 0.100. The molecule has 0 aliphatic carbocycles. The molecule has 2 rings (SSSR count). The Morgan fingerprint density at radius 1 is 1.53 bits per heavy atom. The lowest BCUT2D eigenvalue weighted by Gasteiger charge is -2.03. The molecule has 1 aromatic heterocycles. The molecule has 0 amide bonds. The van der Waals surface area contributed by atoms with Crippen LogP contribution in [0.2, 0.25) is 5.02 Å². The Kier molecular flexibility index (Phi) is 2.08. The summed E-state index contributed by atoms with van der Waals surface area (Å²) in [5, 5.41) is 9.75. The lowest BCUT2D eigenvalue weighted by Crippen LogP contribution is -2.00. The highest BCUT2D eigenvalue weighted by molar-refractivity contribution is 6.37. The maximum Gasteiger partial charge on any atom is 0.337 e. The van der Waals surface area contributed by atoms with Crippen molar-refractivity contribution in [3.05, 3.63) is 28.4 Å². The summed E-state index contributed by atoms with van der Waals surface area (Å²) in [6, 6.07) is 3.32.